The summed E-state index contributed by atoms with van der Waals surface area (Å²) in [5.74, 6) is 0.165. The van der Waals surface area contributed by atoms with Gasteiger partial charge in [0.25, 0.3) is 0 Å². The van der Waals surface area contributed by atoms with Crippen LogP contribution in [0, 0.1) is 0 Å². The van der Waals surface area contributed by atoms with Crippen LogP contribution in [0.1, 0.15) is 52.0 Å². The lowest BCUT2D eigenvalue weighted by Crippen LogP contribution is -2.38. The van der Waals surface area contributed by atoms with E-state index in [1.165, 1.54) is 0 Å². The summed E-state index contributed by atoms with van der Waals surface area (Å²) >= 11 is 0. The fourth-order valence-electron chi connectivity index (χ4n) is 2.33. The van der Waals surface area contributed by atoms with Crippen LogP contribution in [0.2, 0.25) is 0 Å². The monoisotopic (exact) mass is 263 g/mol. The number of hydrogen-bond acceptors (Lipinski definition) is 2. The van der Waals surface area contributed by atoms with Gasteiger partial charge in [0.15, 0.2) is 0 Å². The molecule has 0 aliphatic carbocycles. The highest BCUT2D eigenvalue weighted by Gasteiger charge is 2.20. The Kier molecular flexibility index (Phi) is 6.57. The number of anilines is 1. The molecule has 0 aliphatic heterocycles. The first kappa shape index (κ1) is 15.7. The predicted molar refractivity (Wildman–Crippen MR) is 79.1 cm³/mol. The van der Waals surface area contributed by atoms with E-state index in [9.17, 15) is 9.90 Å². The first-order chi connectivity index (χ1) is 9.13. The van der Waals surface area contributed by atoms with Gasteiger partial charge in [0.1, 0.15) is 0 Å². The first-order valence-electron chi connectivity index (χ1n) is 7.15. The van der Waals surface area contributed by atoms with E-state index >= 15 is 0 Å². The predicted octanol–water partition coefficient (Wildman–Crippen LogP) is 3.50. The average Bonchev–Trinajstić information content (AvgIpc) is 2.40. The van der Waals surface area contributed by atoms with Crippen molar-refractivity contribution in [2.75, 3.05) is 4.90 Å². The minimum Gasteiger partial charge on any atom is -0.392 e. The van der Waals surface area contributed by atoms with Gasteiger partial charge in [-0.25, -0.2) is 0 Å². The smallest absolute Gasteiger partial charge is 0.227 e. The van der Waals surface area contributed by atoms with Gasteiger partial charge in [-0.3, -0.25) is 4.79 Å². The minimum atomic E-state index is 0.00576. The van der Waals surface area contributed by atoms with Gasteiger partial charge in [-0.2, -0.15) is 0 Å². The van der Waals surface area contributed by atoms with Gasteiger partial charge in [-0.15, -0.1) is 0 Å². The van der Waals surface area contributed by atoms with Crippen LogP contribution in [-0.2, 0) is 11.4 Å². The highest BCUT2D eigenvalue weighted by atomic mass is 16.3. The molecule has 1 amide bonds. The van der Waals surface area contributed by atoms with E-state index in [-0.39, 0.29) is 18.6 Å². The maximum atomic E-state index is 12.3. The van der Waals surface area contributed by atoms with Crippen LogP contribution in [0.25, 0.3) is 0 Å². The average molecular weight is 263 g/mol. The number of amides is 1. The zero-order chi connectivity index (χ0) is 14.3. The number of benzene rings is 1. The van der Waals surface area contributed by atoms with Crippen molar-refractivity contribution in [3.63, 3.8) is 0 Å². The molecule has 1 rings (SSSR count). The van der Waals surface area contributed by atoms with E-state index in [4.69, 9.17) is 0 Å². The summed E-state index contributed by atoms with van der Waals surface area (Å²) in [7, 11) is 0. The number of hydrogen-bond donors (Lipinski definition) is 1. The zero-order valence-corrected chi connectivity index (χ0v) is 12.2. The summed E-state index contributed by atoms with van der Waals surface area (Å²) in [6.07, 6.45) is 3.46. The topological polar surface area (TPSA) is 40.5 Å². The van der Waals surface area contributed by atoms with Gasteiger partial charge < -0.3 is 10.0 Å². The summed E-state index contributed by atoms with van der Waals surface area (Å²) in [6, 6.07) is 7.80. The molecule has 0 bridgehead atoms. The number of rotatable bonds is 7. The SMILES string of the molecule is CCCC(=O)N(c1cccc(CO)c1)C(C)CCC. The minimum absolute atomic E-state index is 0.00576. The lowest BCUT2D eigenvalue weighted by molar-refractivity contribution is -0.119. The van der Waals surface area contributed by atoms with Crippen LogP contribution in [0.15, 0.2) is 24.3 Å². The van der Waals surface area contributed by atoms with E-state index in [0.717, 1.165) is 30.5 Å². The van der Waals surface area contributed by atoms with Gasteiger partial charge >= 0.3 is 0 Å². The summed E-state index contributed by atoms with van der Waals surface area (Å²) in [6.45, 7) is 6.24. The normalized spacial score (nSPS) is 12.2. The lowest BCUT2D eigenvalue weighted by atomic mass is 10.1. The van der Waals surface area contributed by atoms with Crippen LogP contribution < -0.4 is 4.90 Å². The second-order valence-corrected chi connectivity index (χ2v) is 4.98. The summed E-state index contributed by atoms with van der Waals surface area (Å²) in [5, 5.41) is 9.22. The van der Waals surface area contributed by atoms with Gasteiger partial charge in [0.05, 0.1) is 6.61 Å². The molecule has 0 saturated carbocycles. The molecule has 1 aromatic carbocycles. The van der Waals surface area contributed by atoms with Gasteiger partial charge in [-0.05, 0) is 37.5 Å². The summed E-state index contributed by atoms with van der Waals surface area (Å²) < 4.78 is 0. The molecule has 0 aliphatic rings. The molecule has 1 N–H and O–H groups in total. The number of nitrogens with zero attached hydrogens (tertiary/aromatic N) is 1. The third-order valence-electron chi connectivity index (χ3n) is 3.25. The van der Waals surface area contributed by atoms with Crippen LogP contribution in [-0.4, -0.2) is 17.1 Å². The second-order valence-electron chi connectivity index (χ2n) is 4.98. The molecular weight excluding hydrogens is 238 g/mol. The van der Waals surface area contributed by atoms with Crippen LogP contribution in [0.4, 0.5) is 5.69 Å². The van der Waals surface area contributed by atoms with Crippen molar-refractivity contribution in [3.05, 3.63) is 29.8 Å². The van der Waals surface area contributed by atoms with E-state index < -0.39 is 0 Å². The van der Waals surface area contributed by atoms with Crippen molar-refractivity contribution in [2.24, 2.45) is 0 Å². The molecule has 0 fully saturated rings. The standard InChI is InChI=1S/C16H25NO2/c1-4-7-13(3)17(16(19)8-5-2)15-10-6-9-14(11-15)12-18/h6,9-11,13,18H,4-5,7-8,12H2,1-3H3. The van der Waals surface area contributed by atoms with Crippen molar-refractivity contribution in [1.82, 2.24) is 0 Å². The molecule has 1 atom stereocenters. The molecule has 106 valence electrons. The first-order valence-corrected chi connectivity index (χ1v) is 7.15. The maximum absolute atomic E-state index is 12.3. The molecule has 1 unspecified atom stereocenters. The molecule has 1 aromatic rings. The molecule has 0 saturated heterocycles. The Morgan fingerprint density at radius 3 is 2.63 bits per heavy atom. The molecular formula is C16H25NO2. The third-order valence-corrected chi connectivity index (χ3v) is 3.25. The molecule has 0 aromatic heterocycles. The van der Waals surface area contributed by atoms with Crippen LogP contribution >= 0.6 is 0 Å². The Morgan fingerprint density at radius 1 is 1.32 bits per heavy atom. The van der Waals surface area contributed by atoms with Crippen LogP contribution in [0.5, 0.6) is 0 Å². The fraction of sp³-hybridized carbons (Fsp3) is 0.562. The van der Waals surface area contributed by atoms with Gasteiger partial charge in [0.2, 0.25) is 5.91 Å². The van der Waals surface area contributed by atoms with Gasteiger partial charge in [0, 0.05) is 18.2 Å². The second kappa shape index (κ2) is 7.95. The summed E-state index contributed by atoms with van der Waals surface area (Å²) in [5.41, 5.74) is 1.74. The molecule has 3 nitrogen and oxygen atoms in total. The molecule has 0 radical (unpaired) electrons. The molecule has 19 heavy (non-hydrogen) atoms. The number of carbonyl (C=O) groups excluding carboxylic acids is 1. The van der Waals surface area contributed by atoms with E-state index in [1.807, 2.05) is 36.1 Å². The molecule has 0 heterocycles. The van der Waals surface area contributed by atoms with E-state index in [0.29, 0.717) is 6.42 Å². The van der Waals surface area contributed by atoms with Crippen molar-refractivity contribution in [1.29, 1.82) is 0 Å². The van der Waals surface area contributed by atoms with Crippen molar-refractivity contribution in [2.45, 2.75) is 59.1 Å². The number of aliphatic hydroxyl groups excluding tert-OH is 1. The quantitative estimate of drug-likeness (QED) is 0.818. The largest absolute Gasteiger partial charge is 0.392 e. The van der Waals surface area contributed by atoms with Crippen molar-refractivity contribution < 1.29 is 9.90 Å². The summed E-state index contributed by atoms with van der Waals surface area (Å²) in [4.78, 5) is 14.2. The Labute approximate surface area is 116 Å². The van der Waals surface area contributed by atoms with Crippen LogP contribution in [0.3, 0.4) is 0 Å². The highest BCUT2D eigenvalue weighted by molar-refractivity contribution is 5.93. The van der Waals surface area contributed by atoms with Crippen molar-refractivity contribution in [3.8, 4) is 0 Å². The Morgan fingerprint density at radius 2 is 2.05 bits per heavy atom. The Balaban J connectivity index is 3.03. The highest BCUT2D eigenvalue weighted by Crippen LogP contribution is 2.22. The van der Waals surface area contributed by atoms with Gasteiger partial charge in [-0.1, -0.05) is 32.4 Å². The lowest BCUT2D eigenvalue weighted by Gasteiger charge is -2.29. The van der Waals surface area contributed by atoms with E-state index in [2.05, 4.69) is 13.8 Å². The Bertz CT molecular complexity index is 403. The maximum Gasteiger partial charge on any atom is 0.227 e. The van der Waals surface area contributed by atoms with E-state index in [1.54, 1.807) is 0 Å². The molecule has 3 heteroatoms. The Hall–Kier alpha value is -1.35. The molecule has 0 spiro atoms. The third kappa shape index (κ3) is 4.35. The fourth-order valence-corrected chi connectivity index (χ4v) is 2.33. The zero-order valence-electron chi connectivity index (χ0n) is 12.2. The number of aliphatic hydroxyl groups is 1. The number of carbonyl (C=O) groups is 1. The van der Waals surface area contributed by atoms with Crippen molar-refractivity contribution >= 4 is 11.6 Å².